The van der Waals surface area contributed by atoms with E-state index in [-0.39, 0.29) is 51.0 Å². The highest BCUT2D eigenvalue weighted by Crippen LogP contribution is 2.51. The zero-order chi connectivity index (χ0) is 19.7. The Morgan fingerprint density at radius 3 is 1.96 bits per heavy atom. The number of para-hydroxylation sites is 1. The second-order valence-electron chi connectivity index (χ2n) is 5.46. The fourth-order valence-electron chi connectivity index (χ4n) is 2.92. The first-order valence-electron chi connectivity index (χ1n) is 7.84. The van der Waals surface area contributed by atoms with Crippen LogP contribution >= 0.6 is 0 Å². The van der Waals surface area contributed by atoms with Crippen molar-refractivity contribution in [1.82, 2.24) is 0 Å². The smallest absolute Gasteiger partial charge is 0.239 e. The standard InChI is InChI=1S/C19H18O8/c1-23-16-11-12(21)17(24-2)14(9-7-5-6-8-10(9)20)27-15(11)13(22)18(25-3)19(16)26-4/h5-8,20,22H,1-4H3. The molecule has 0 aliphatic carbocycles. The Balaban J connectivity index is 2.56. The summed E-state index contributed by atoms with van der Waals surface area (Å²) in [5.74, 6) is -0.760. The second-order valence-corrected chi connectivity index (χ2v) is 5.46. The van der Waals surface area contributed by atoms with E-state index < -0.39 is 11.2 Å². The molecule has 2 N–H and O–H groups in total. The van der Waals surface area contributed by atoms with Crippen LogP contribution in [-0.4, -0.2) is 38.7 Å². The molecule has 8 heteroatoms. The topological polar surface area (TPSA) is 108 Å². The molecule has 0 saturated heterocycles. The van der Waals surface area contributed by atoms with Crippen molar-refractivity contribution >= 4 is 11.0 Å². The van der Waals surface area contributed by atoms with E-state index in [4.69, 9.17) is 23.4 Å². The zero-order valence-electron chi connectivity index (χ0n) is 15.2. The van der Waals surface area contributed by atoms with Gasteiger partial charge in [-0.1, -0.05) is 12.1 Å². The minimum atomic E-state index is -0.606. The molecule has 142 valence electrons. The maximum absolute atomic E-state index is 13.1. The van der Waals surface area contributed by atoms with Crippen molar-refractivity contribution < 1.29 is 33.6 Å². The second kappa shape index (κ2) is 6.99. The Morgan fingerprint density at radius 2 is 1.41 bits per heavy atom. The summed E-state index contributed by atoms with van der Waals surface area (Å²) in [6.07, 6.45) is 0. The van der Waals surface area contributed by atoms with Gasteiger partial charge in [-0.3, -0.25) is 4.79 Å². The van der Waals surface area contributed by atoms with Crippen molar-refractivity contribution in [2.24, 2.45) is 0 Å². The lowest BCUT2D eigenvalue weighted by molar-refractivity contribution is 0.311. The van der Waals surface area contributed by atoms with Crippen LogP contribution in [0.5, 0.6) is 34.5 Å². The molecule has 0 aliphatic rings. The average molecular weight is 374 g/mol. The van der Waals surface area contributed by atoms with E-state index >= 15 is 0 Å². The first-order valence-corrected chi connectivity index (χ1v) is 7.84. The van der Waals surface area contributed by atoms with E-state index in [0.29, 0.717) is 0 Å². The first-order chi connectivity index (χ1) is 13.0. The molecule has 0 aliphatic heterocycles. The molecule has 0 bridgehead atoms. The number of ether oxygens (including phenoxy) is 4. The van der Waals surface area contributed by atoms with Gasteiger partial charge in [-0.05, 0) is 12.1 Å². The number of rotatable bonds is 5. The fraction of sp³-hybridized carbons (Fsp3) is 0.211. The normalized spacial score (nSPS) is 10.7. The lowest BCUT2D eigenvalue weighted by atomic mass is 10.1. The number of phenolic OH excluding ortho intramolecular Hbond substituents is 2. The third kappa shape index (κ3) is 2.66. The van der Waals surface area contributed by atoms with Crippen LogP contribution in [0.1, 0.15) is 0 Å². The van der Waals surface area contributed by atoms with Crippen molar-refractivity contribution in [2.45, 2.75) is 0 Å². The van der Waals surface area contributed by atoms with E-state index in [1.807, 2.05) is 0 Å². The largest absolute Gasteiger partial charge is 0.507 e. The summed E-state index contributed by atoms with van der Waals surface area (Å²) < 4.78 is 26.8. The summed E-state index contributed by atoms with van der Waals surface area (Å²) in [7, 11) is 5.32. The van der Waals surface area contributed by atoms with Gasteiger partial charge < -0.3 is 33.6 Å². The van der Waals surface area contributed by atoms with Crippen molar-refractivity contribution in [3.05, 3.63) is 34.5 Å². The first kappa shape index (κ1) is 18.2. The molecule has 0 unspecified atom stereocenters. The predicted molar refractivity (Wildman–Crippen MR) is 97.5 cm³/mol. The van der Waals surface area contributed by atoms with Crippen LogP contribution < -0.4 is 24.4 Å². The highest BCUT2D eigenvalue weighted by molar-refractivity contribution is 5.96. The minimum absolute atomic E-state index is 0.0260. The van der Waals surface area contributed by atoms with Gasteiger partial charge in [-0.15, -0.1) is 0 Å². The Hall–Kier alpha value is -3.55. The average Bonchev–Trinajstić information content (AvgIpc) is 2.68. The predicted octanol–water partition coefficient (Wildman–Crippen LogP) is 2.91. The van der Waals surface area contributed by atoms with Crippen LogP contribution in [0.2, 0.25) is 0 Å². The van der Waals surface area contributed by atoms with Crippen molar-refractivity contribution in [2.75, 3.05) is 28.4 Å². The lowest BCUT2D eigenvalue weighted by Gasteiger charge is -2.17. The molecule has 0 spiro atoms. The van der Waals surface area contributed by atoms with Gasteiger partial charge in [0.2, 0.25) is 28.4 Å². The van der Waals surface area contributed by atoms with Gasteiger partial charge in [-0.2, -0.15) is 0 Å². The monoisotopic (exact) mass is 374 g/mol. The summed E-state index contributed by atoms with van der Waals surface area (Å²) in [6, 6.07) is 6.28. The number of fused-ring (bicyclic) bond motifs is 1. The molecule has 1 aromatic heterocycles. The van der Waals surface area contributed by atoms with Gasteiger partial charge in [0.05, 0.1) is 34.0 Å². The van der Waals surface area contributed by atoms with Crippen LogP contribution in [0, 0.1) is 0 Å². The molecule has 3 aromatic rings. The van der Waals surface area contributed by atoms with E-state index in [0.717, 1.165) is 0 Å². The molecule has 0 atom stereocenters. The van der Waals surface area contributed by atoms with Crippen molar-refractivity contribution in [3.63, 3.8) is 0 Å². The van der Waals surface area contributed by atoms with Gasteiger partial charge in [0.25, 0.3) is 0 Å². The molecule has 27 heavy (non-hydrogen) atoms. The van der Waals surface area contributed by atoms with Gasteiger partial charge in [0.15, 0.2) is 17.1 Å². The van der Waals surface area contributed by atoms with Crippen molar-refractivity contribution in [3.8, 4) is 45.8 Å². The summed E-state index contributed by atoms with van der Waals surface area (Å²) in [5.41, 5.74) is -0.569. The maximum Gasteiger partial charge on any atom is 0.239 e. The van der Waals surface area contributed by atoms with Gasteiger partial charge >= 0.3 is 0 Å². The molecular formula is C19H18O8. The van der Waals surface area contributed by atoms with E-state index in [9.17, 15) is 15.0 Å². The Labute approximate surface area is 154 Å². The molecule has 0 fully saturated rings. The highest BCUT2D eigenvalue weighted by Gasteiger charge is 2.29. The summed E-state index contributed by atoms with van der Waals surface area (Å²) in [4.78, 5) is 13.1. The van der Waals surface area contributed by atoms with Crippen LogP contribution in [-0.2, 0) is 0 Å². The molecule has 2 aromatic carbocycles. The quantitative estimate of drug-likeness (QED) is 0.702. The molecular weight excluding hydrogens is 356 g/mol. The number of hydrogen-bond acceptors (Lipinski definition) is 8. The van der Waals surface area contributed by atoms with Crippen molar-refractivity contribution in [1.29, 1.82) is 0 Å². The summed E-state index contributed by atoms with van der Waals surface area (Å²) in [6.45, 7) is 0. The Bertz CT molecular complexity index is 1070. The molecule has 1 heterocycles. The van der Waals surface area contributed by atoms with Crippen LogP contribution in [0.25, 0.3) is 22.3 Å². The van der Waals surface area contributed by atoms with Crippen LogP contribution in [0.3, 0.4) is 0 Å². The molecule has 8 nitrogen and oxygen atoms in total. The number of aromatic hydroxyl groups is 2. The molecule has 3 rings (SSSR count). The third-order valence-electron chi connectivity index (χ3n) is 4.11. The molecule has 0 amide bonds. The van der Waals surface area contributed by atoms with E-state index in [1.165, 1.54) is 34.5 Å². The van der Waals surface area contributed by atoms with Crippen LogP contribution in [0.4, 0.5) is 0 Å². The Kier molecular flexibility index (Phi) is 4.72. The van der Waals surface area contributed by atoms with Gasteiger partial charge in [0, 0.05) is 0 Å². The third-order valence-corrected chi connectivity index (χ3v) is 4.11. The molecule has 0 saturated carbocycles. The number of benzene rings is 2. The van der Waals surface area contributed by atoms with E-state index in [2.05, 4.69) is 0 Å². The summed E-state index contributed by atoms with van der Waals surface area (Å²) >= 11 is 0. The van der Waals surface area contributed by atoms with Gasteiger partial charge in [0.1, 0.15) is 11.1 Å². The number of methoxy groups -OCH3 is 4. The SMILES string of the molecule is COc1c(OC)c(OC)c2c(=O)c(OC)c(-c3ccccc3O)oc2c1O. The van der Waals surface area contributed by atoms with E-state index in [1.54, 1.807) is 18.2 Å². The van der Waals surface area contributed by atoms with Gasteiger partial charge in [-0.25, -0.2) is 0 Å². The highest BCUT2D eigenvalue weighted by atomic mass is 16.5. The zero-order valence-corrected chi connectivity index (χ0v) is 15.2. The molecule has 0 radical (unpaired) electrons. The maximum atomic E-state index is 13.1. The van der Waals surface area contributed by atoms with Crippen LogP contribution in [0.15, 0.2) is 33.5 Å². The fourth-order valence-corrected chi connectivity index (χ4v) is 2.92. The summed E-state index contributed by atoms with van der Waals surface area (Å²) in [5, 5.41) is 20.7. The number of phenols is 2. The lowest BCUT2D eigenvalue weighted by Crippen LogP contribution is -2.10. The minimum Gasteiger partial charge on any atom is -0.507 e. The Morgan fingerprint density at radius 1 is 0.815 bits per heavy atom. The number of hydrogen-bond donors (Lipinski definition) is 2.